The van der Waals surface area contributed by atoms with Gasteiger partial charge in [0.05, 0.1) is 11.7 Å². The number of ether oxygens (including phenoxy) is 1. The molecule has 7 nitrogen and oxygen atoms in total. The molecule has 0 radical (unpaired) electrons. The van der Waals surface area contributed by atoms with E-state index in [9.17, 15) is 4.79 Å². The van der Waals surface area contributed by atoms with Crippen LogP contribution in [0.2, 0.25) is 0 Å². The Kier molecular flexibility index (Phi) is 9.75. The molecular weight excluding hydrogens is 537 g/mol. The number of aryl methyl sites for hydroxylation is 1. The van der Waals surface area contributed by atoms with Gasteiger partial charge in [-0.2, -0.15) is 0 Å². The maximum absolute atomic E-state index is 12.0. The predicted octanol–water partition coefficient (Wildman–Crippen LogP) is 4.45. The number of benzene rings is 1. The fourth-order valence-corrected chi connectivity index (χ4v) is 4.29. The first-order valence-electron chi connectivity index (χ1n) is 10.7. The molecular formula is C23H34IN5O2S. The zero-order valence-electron chi connectivity index (χ0n) is 19.5. The first kappa shape index (κ1) is 26.4. The SMILES string of the molecule is CN=C(NCCc1csc(-c2ccc(C)cc2)n1)N1CCC(NC(=O)OC(C)(C)C)C1.I. The van der Waals surface area contributed by atoms with Gasteiger partial charge in [-0.25, -0.2) is 9.78 Å². The van der Waals surface area contributed by atoms with Gasteiger partial charge in [-0.1, -0.05) is 29.8 Å². The summed E-state index contributed by atoms with van der Waals surface area (Å²) in [6, 6.07) is 8.52. The van der Waals surface area contributed by atoms with Gasteiger partial charge in [-0.15, -0.1) is 35.3 Å². The van der Waals surface area contributed by atoms with Crippen molar-refractivity contribution in [1.82, 2.24) is 20.5 Å². The quantitative estimate of drug-likeness (QED) is 0.315. The molecule has 1 unspecified atom stereocenters. The van der Waals surface area contributed by atoms with Crippen molar-refractivity contribution in [2.24, 2.45) is 4.99 Å². The van der Waals surface area contributed by atoms with Crippen LogP contribution >= 0.6 is 35.3 Å². The van der Waals surface area contributed by atoms with Gasteiger partial charge in [0.25, 0.3) is 0 Å². The molecule has 1 aliphatic rings. The van der Waals surface area contributed by atoms with Crippen molar-refractivity contribution in [3.63, 3.8) is 0 Å². The van der Waals surface area contributed by atoms with Crippen LogP contribution in [0.1, 0.15) is 38.4 Å². The van der Waals surface area contributed by atoms with Crippen molar-refractivity contribution in [3.8, 4) is 10.6 Å². The number of carbonyl (C=O) groups is 1. The zero-order chi connectivity index (χ0) is 22.4. The fourth-order valence-electron chi connectivity index (χ4n) is 3.43. The molecule has 0 spiro atoms. The van der Waals surface area contributed by atoms with E-state index in [2.05, 4.69) is 57.1 Å². The van der Waals surface area contributed by atoms with Gasteiger partial charge >= 0.3 is 6.09 Å². The van der Waals surface area contributed by atoms with Crippen LogP contribution in [0.25, 0.3) is 10.6 Å². The lowest BCUT2D eigenvalue weighted by molar-refractivity contribution is 0.0507. The van der Waals surface area contributed by atoms with Crippen LogP contribution in [0.15, 0.2) is 34.6 Å². The Bertz CT molecular complexity index is 908. The topological polar surface area (TPSA) is 78.9 Å². The highest BCUT2D eigenvalue weighted by atomic mass is 127. The molecule has 2 heterocycles. The summed E-state index contributed by atoms with van der Waals surface area (Å²) in [4.78, 5) is 23.3. The third kappa shape index (κ3) is 7.91. The summed E-state index contributed by atoms with van der Waals surface area (Å²) in [5, 5.41) is 9.55. The molecule has 176 valence electrons. The van der Waals surface area contributed by atoms with Crippen molar-refractivity contribution < 1.29 is 9.53 Å². The number of hydrogen-bond donors (Lipinski definition) is 2. The average molecular weight is 572 g/mol. The monoisotopic (exact) mass is 571 g/mol. The smallest absolute Gasteiger partial charge is 0.407 e. The number of alkyl carbamates (subject to hydrolysis) is 1. The standard InChI is InChI=1S/C23H33N5O2S.HI/c1-16-6-8-17(9-7-16)20-26-19(15-31-20)10-12-25-21(24-5)28-13-11-18(14-28)27-22(29)30-23(2,3)4;/h6-9,15,18H,10-14H2,1-5H3,(H,24,25)(H,27,29);1H. The summed E-state index contributed by atoms with van der Waals surface area (Å²) in [7, 11) is 1.79. The van der Waals surface area contributed by atoms with E-state index in [1.807, 2.05) is 20.8 Å². The second kappa shape index (κ2) is 11.8. The highest BCUT2D eigenvalue weighted by molar-refractivity contribution is 14.0. The number of halogens is 1. The van der Waals surface area contributed by atoms with Crippen LogP contribution in [0.4, 0.5) is 4.79 Å². The van der Waals surface area contributed by atoms with Gasteiger partial charge in [-0.3, -0.25) is 4.99 Å². The molecule has 1 aromatic carbocycles. The van der Waals surface area contributed by atoms with Crippen LogP contribution in [-0.2, 0) is 11.2 Å². The van der Waals surface area contributed by atoms with Crippen molar-refractivity contribution in [1.29, 1.82) is 0 Å². The number of nitrogens with zero attached hydrogens (tertiary/aromatic N) is 3. The van der Waals surface area contributed by atoms with E-state index in [-0.39, 0.29) is 36.1 Å². The van der Waals surface area contributed by atoms with Crippen molar-refractivity contribution in [3.05, 3.63) is 40.9 Å². The van der Waals surface area contributed by atoms with E-state index >= 15 is 0 Å². The first-order chi connectivity index (χ1) is 14.7. The lowest BCUT2D eigenvalue weighted by Gasteiger charge is -2.23. The average Bonchev–Trinajstić information content (AvgIpc) is 3.34. The van der Waals surface area contributed by atoms with Gasteiger partial charge in [-0.05, 0) is 34.1 Å². The lowest BCUT2D eigenvalue weighted by atomic mass is 10.2. The van der Waals surface area contributed by atoms with E-state index in [0.29, 0.717) is 6.54 Å². The number of guanidine groups is 1. The third-order valence-corrected chi connectivity index (χ3v) is 5.88. The summed E-state index contributed by atoms with van der Waals surface area (Å²) in [6.45, 7) is 10.00. The normalized spacial score (nSPS) is 16.5. The molecule has 32 heavy (non-hydrogen) atoms. The lowest BCUT2D eigenvalue weighted by Crippen LogP contribution is -2.44. The number of amides is 1. The Hall–Kier alpha value is -1.88. The number of carbonyl (C=O) groups excluding carboxylic acids is 1. The molecule has 1 atom stereocenters. The molecule has 1 aromatic heterocycles. The number of aromatic nitrogens is 1. The molecule has 0 bridgehead atoms. The first-order valence-corrected chi connectivity index (χ1v) is 11.6. The van der Waals surface area contributed by atoms with Crippen molar-refractivity contribution >= 4 is 47.4 Å². The van der Waals surface area contributed by atoms with Crippen LogP contribution in [0.5, 0.6) is 0 Å². The van der Waals surface area contributed by atoms with Gasteiger partial charge in [0.15, 0.2) is 5.96 Å². The van der Waals surface area contributed by atoms with E-state index in [4.69, 9.17) is 9.72 Å². The van der Waals surface area contributed by atoms with Gasteiger partial charge in [0, 0.05) is 44.0 Å². The molecule has 0 aliphatic carbocycles. The van der Waals surface area contributed by atoms with E-state index in [1.54, 1.807) is 18.4 Å². The summed E-state index contributed by atoms with van der Waals surface area (Å²) in [5.41, 5.74) is 3.00. The molecule has 1 amide bonds. The second-order valence-electron chi connectivity index (χ2n) is 8.81. The summed E-state index contributed by atoms with van der Waals surface area (Å²) < 4.78 is 5.35. The third-order valence-electron chi connectivity index (χ3n) is 4.93. The molecule has 3 rings (SSSR count). The van der Waals surface area contributed by atoms with Gasteiger partial charge in [0.1, 0.15) is 10.6 Å². The summed E-state index contributed by atoms with van der Waals surface area (Å²) >= 11 is 1.68. The minimum atomic E-state index is -0.491. The number of thiazole rings is 1. The minimum Gasteiger partial charge on any atom is -0.444 e. The van der Waals surface area contributed by atoms with E-state index in [0.717, 1.165) is 48.2 Å². The van der Waals surface area contributed by atoms with Crippen LogP contribution < -0.4 is 10.6 Å². The van der Waals surface area contributed by atoms with E-state index in [1.165, 1.54) is 5.56 Å². The van der Waals surface area contributed by atoms with Gasteiger partial charge < -0.3 is 20.3 Å². The van der Waals surface area contributed by atoms with Crippen molar-refractivity contribution in [2.45, 2.75) is 52.2 Å². The summed E-state index contributed by atoms with van der Waals surface area (Å²) in [6.07, 6.45) is 1.33. The molecule has 1 aliphatic heterocycles. The van der Waals surface area contributed by atoms with Crippen molar-refractivity contribution in [2.75, 3.05) is 26.7 Å². The van der Waals surface area contributed by atoms with Crippen LogP contribution in [-0.4, -0.2) is 60.3 Å². The van der Waals surface area contributed by atoms with Crippen LogP contribution in [0, 0.1) is 6.92 Å². The number of rotatable bonds is 5. The Morgan fingerprint density at radius 2 is 2.03 bits per heavy atom. The fraction of sp³-hybridized carbons (Fsp3) is 0.522. The van der Waals surface area contributed by atoms with E-state index < -0.39 is 5.60 Å². The Morgan fingerprint density at radius 1 is 1.31 bits per heavy atom. The second-order valence-corrected chi connectivity index (χ2v) is 9.67. The largest absolute Gasteiger partial charge is 0.444 e. The molecule has 0 saturated carbocycles. The Morgan fingerprint density at radius 3 is 2.69 bits per heavy atom. The molecule has 9 heteroatoms. The Labute approximate surface area is 212 Å². The summed E-state index contributed by atoms with van der Waals surface area (Å²) in [5.74, 6) is 0.850. The number of likely N-dealkylation sites (tertiary alicyclic amines) is 1. The highest BCUT2D eigenvalue weighted by Gasteiger charge is 2.27. The van der Waals surface area contributed by atoms with Crippen LogP contribution in [0.3, 0.4) is 0 Å². The molecule has 2 N–H and O–H groups in total. The highest BCUT2D eigenvalue weighted by Crippen LogP contribution is 2.24. The molecule has 1 fully saturated rings. The zero-order valence-corrected chi connectivity index (χ0v) is 22.6. The molecule has 2 aromatic rings. The number of aliphatic imine (C=N–C) groups is 1. The Balaban J connectivity index is 0.00000363. The number of nitrogens with one attached hydrogen (secondary N) is 2. The maximum atomic E-state index is 12.0. The van der Waals surface area contributed by atoms with Gasteiger partial charge in [0.2, 0.25) is 0 Å². The minimum absolute atomic E-state index is 0. The molecule has 1 saturated heterocycles. The number of hydrogen-bond acceptors (Lipinski definition) is 5. The maximum Gasteiger partial charge on any atom is 0.407 e. The predicted molar refractivity (Wildman–Crippen MR) is 142 cm³/mol.